The Labute approximate surface area is 184 Å². The first-order chi connectivity index (χ1) is 14.2. The van der Waals surface area contributed by atoms with Crippen molar-refractivity contribution >= 4 is 17.8 Å². The van der Waals surface area contributed by atoms with Crippen LogP contribution in [-0.4, -0.2) is 40.7 Å². The first kappa shape index (κ1) is 26.6. The Morgan fingerprint density at radius 1 is 0.667 bits per heavy atom. The zero-order chi connectivity index (χ0) is 22.8. The molecule has 5 heteroatoms. The molecular weight excluding hydrogens is 376 g/mol. The second-order valence-electron chi connectivity index (χ2n) is 9.73. The van der Waals surface area contributed by atoms with Gasteiger partial charge in [0.15, 0.2) is 0 Å². The largest absolute Gasteiger partial charge is 0.333 e. The summed E-state index contributed by atoms with van der Waals surface area (Å²) in [6.45, 7) is 13.2. The minimum Gasteiger partial charge on any atom is -0.274 e. The molecule has 0 aromatic carbocycles. The average molecular weight is 423 g/mol. The third kappa shape index (κ3) is 6.55. The molecule has 0 saturated carbocycles. The van der Waals surface area contributed by atoms with E-state index in [4.69, 9.17) is 0 Å². The minimum atomic E-state index is -0.519. The second kappa shape index (κ2) is 12.5. The summed E-state index contributed by atoms with van der Waals surface area (Å²) in [6.07, 6.45) is 11.2. The summed E-state index contributed by atoms with van der Waals surface area (Å²) in [7, 11) is 0. The van der Waals surface area contributed by atoms with Gasteiger partial charge in [-0.3, -0.25) is 19.4 Å². The average Bonchev–Trinajstić information content (AvgIpc) is 3.13. The van der Waals surface area contributed by atoms with Crippen LogP contribution in [0, 0.1) is 10.8 Å². The van der Waals surface area contributed by atoms with Crippen molar-refractivity contribution in [1.82, 2.24) is 9.80 Å². The SMILES string of the molecule is CCCCC(C)(CCCC)C(=O)N1CCN(C(=O)C(C)(CCCC)CCCC)C1=O. The maximum atomic E-state index is 13.4. The molecule has 0 aromatic rings. The van der Waals surface area contributed by atoms with Crippen molar-refractivity contribution in [2.24, 2.45) is 10.8 Å². The van der Waals surface area contributed by atoms with E-state index in [9.17, 15) is 14.4 Å². The number of amides is 4. The van der Waals surface area contributed by atoms with Gasteiger partial charge >= 0.3 is 6.03 Å². The van der Waals surface area contributed by atoms with Crippen molar-refractivity contribution in [1.29, 1.82) is 0 Å². The predicted octanol–water partition coefficient (Wildman–Crippen LogP) is 6.55. The van der Waals surface area contributed by atoms with Gasteiger partial charge in [-0.2, -0.15) is 0 Å². The van der Waals surface area contributed by atoms with Crippen molar-refractivity contribution in [3.63, 3.8) is 0 Å². The van der Waals surface area contributed by atoms with Gasteiger partial charge in [-0.05, 0) is 25.7 Å². The number of unbranched alkanes of at least 4 members (excludes halogenated alkanes) is 4. The number of urea groups is 1. The smallest absolute Gasteiger partial charge is 0.274 e. The highest BCUT2D eigenvalue weighted by molar-refractivity contribution is 6.06. The van der Waals surface area contributed by atoms with Gasteiger partial charge in [0.2, 0.25) is 11.8 Å². The van der Waals surface area contributed by atoms with Crippen LogP contribution in [0.4, 0.5) is 4.79 Å². The molecule has 1 fully saturated rings. The van der Waals surface area contributed by atoms with E-state index in [0.29, 0.717) is 13.1 Å². The molecule has 1 rings (SSSR count). The van der Waals surface area contributed by atoms with Gasteiger partial charge in [-0.15, -0.1) is 0 Å². The zero-order valence-corrected chi connectivity index (χ0v) is 20.5. The Kier molecular flexibility index (Phi) is 11.1. The highest BCUT2D eigenvalue weighted by atomic mass is 16.2. The molecule has 0 atom stereocenters. The Bertz CT molecular complexity index is 509. The number of hydrogen-bond donors (Lipinski definition) is 0. The van der Waals surface area contributed by atoms with Gasteiger partial charge in [0.25, 0.3) is 0 Å². The van der Waals surface area contributed by atoms with E-state index in [1.54, 1.807) is 0 Å². The van der Waals surface area contributed by atoms with Crippen LogP contribution in [0.15, 0.2) is 0 Å². The molecule has 1 heterocycles. The highest BCUT2D eigenvalue weighted by Crippen LogP contribution is 2.37. The lowest BCUT2D eigenvalue weighted by molar-refractivity contribution is -0.139. The Balaban J connectivity index is 2.99. The second-order valence-corrected chi connectivity index (χ2v) is 9.73. The molecular formula is C25H46N2O3. The molecule has 0 unspecified atom stereocenters. The van der Waals surface area contributed by atoms with Crippen molar-refractivity contribution < 1.29 is 14.4 Å². The van der Waals surface area contributed by atoms with Crippen LogP contribution in [0.5, 0.6) is 0 Å². The molecule has 0 radical (unpaired) electrons. The fraction of sp³-hybridized carbons (Fsp3) is 0.880. The normalized spacial score (nSPS) is 15.2. The van der Waals surface area contributed by atoms with Crippen LogP contribution in [0.1, 0.15) is 119 Å². The maximum Gasteiger partial charge on any atom is 0.333 e. The van der Waals surface area contributed by atoms with E-state index in [1.807, 2.05) is 13.8 Å². The van der Waals surface area contributed by atoms with Gasteiger partial charge < -0.3 is 0 Å². The predicted molar refractivity (Wildman–Crippen MR) is 123 cm³/mol. The van der Waals surface area contributed by atoms with Crippen LogP contribution < -0.4 is 0 Å². The monoisotopic (exact) mass is 422 g/mol. The molecule has 0 N–H and O–H groups in total. The fourth-order valence-corrected chi connectivity index (χ4v) is 4.51. The lowest BCUT2D eigenvalue weighted by Crippen LogP contribution is -2.48. The third-order valence-corrected chi connectivity index (χ3v) is 6.86. The summed E-state index contributed by atoms with van der Waals surface area (Å²) in [6, 6.07) is -0.400. The van der Waals surface area contributed by atoms with Gasteiger partial charge in [0.05, 0.1) is 0 Å². The molecule has 4 amide bonds. The molecule has 0 aromatic heterocycles. The van der Waals surface area contributed by atoms with E-state index in [1.165, 1.54) is 9.80 Å². The van der Waals surface area contributed by atoms with Crippen LogP contribution in [0.25, 0.3) is 0 Å². The topological polar surface area (TPSA) is 57.7 Å². The number of hydrogen-bond acceptors (Lipinski definition) is 3. The summed E-state index contributed by atoms with van der Waals surface area (Å²) < 4.78 is 0. The third-order valence-electron chi connectivity index (χ3n) is 6.86. The van der Waals surface area contributed by atoms with Crippen molar-refractivity contribution in [2.45, 2.75) is 119 Å². The lowest BCUT2D eigenvalue weighted by Gasteiger charge is -2.33. The van der Waals surface area contributed by atoms with E-state index >= 15 is 0 Å². The summed E-state index contributed by atoms with van der Waals surface area (Å²) in [5.41, 5.74) is -1.04. The minimum absolute atomic E-state index is 0.0893. The molecule has 1 aliphatic rings. The van der Waals surface area contributed by atoms with Crippen LogP contribution in [-0.2, 0) is 9.59 Å². The Morgan fingerprint density at radius 3 is 1.17 bits per heavy atom. The molecule has 1 saturated heterocycles. The van der Waals surface area contributed by atoms with Crippen LogP contribution in [0.2, 0.25) is 0 Å². The van der Waals surface area contributed by atoms with Crippen molar-refractivity contribution in [3.8, 4) is 0 Å². The van der Waals surface area contributed by atoms with Crippen molar-refractivity contribution in [2.75, 3.05) is 13.1 Å². The molecule has 30 heavy (non-hydrogen) atoms. The molecule has 0 aliphatic carbocycles. The van der Waals surface area contributed by atoms with E-state index in [2.05, 4.69) is 27.7 Å². The molecule has 0 bridgehead atoms. The van der Waals surface area contributed by atoms with Crippen LogP contribution >= 0.6 is 0 Å². The Hall–Kier alpha value is -1.39. The van der Waals surface area contributed by atoms with E-state index in [-0.39, 0.29) is 11.8 Å². The number of nitrogens with zero attached hydrogens (tertiary/aromatic N) is 2. The summed E-state index contributed by atoms with van der Waals surface area (Å²) >= 11 is 0. The fourth-order valence-electron chi connectivity index (χ4n) is 4.51. The standard InChI is InChI=1S/C25H46N2O3/c1-7-11-15-24(5,16-12-8-2)21(28)26-19-20-27(23(26)30)22(29)25(6,17-13-9-3)18-14-10-4/h7-20H2,1-6H3. The van der Waals surface area contributed by atoms with Gasteiger partial charge in [-0.1, -0.05) is 92.9 Å². The highest BCUT2D eigenvalue weighted by Gasteiger charge is 2.47. The molecule has 1 aliphatic heterocycles. The van der Waals surface area contributed by atoms with Crippen LogP contribution in [0.3, 0.4) is 0 Å². The quantitative estimate of drug-likeness (QED) is 0.319. The summed E-state index contributed by atoms with van der Waals surface area (Å²) in [5, 5.41) is 0. The number of rotatable bonds is 14. The van der Waals surface area contributed by atoms with Gasteiger partial charge in [0, 0.05) is 23.9 Å². The summed E-state index contributed by atoms with van der Waals surface area (Å²) in [4.78, 5) is 42.8. The van der Waals surface area contributed by atoms with Gasteiger partial charge in [-0.25, -0.2) is 4.79 Å². The van der Waals surface area contributed by atoms with E-state index in [0.717, 1.165) is 77.0 Å². The number of carbonyl (C=O) groups excluding carboxylic acids is 3. The van der Waals surface area contributed by atoms with Gasteiger partial charge in [0.1, 0.15) is 0 Å². The zero-order valence-electron chi connectivity index (χ0n) is 20.5. The van der Waals surface area contributed by atoms with E-state index < -0.39 is 16.9 Å². The first-order valence-corrected chi connectivity index (χ1v) is 12.4. The summed E-state index contributed by atoms with van der Waals surface area (Å²) in [5.74, 6) is -0.179. The first-order valence-electron chi connectivity index (χ1n) is 12.4. The van der Waals surface area contributed by atoms with Crippen molar-refractivity contribution in [3.05, 3.63) is 0 Å². The Morgan fingerprint density at radius 2 is 0.933 bits per heavy atom. The number of imide groups is 2. The molecule has 5 nitrogen and oxygen atoms in total. The molecule has 0 spiro atoms. The molecule has 174 valence electrons. The lowest BCUT2D eigenvalue weighted by atomic mass is 9.78. The maximum absolute atomic E-state index is 13.4. The number of carbonyl (C=O) groups is 3.